The van der Waals surface area contributed by atoms with Crippen LogP contribution in [-0.2, 0) is 6.54 Å². The van der Waals surface area contributed by atoms with Crippen LogP contribution in [0.2, 0.25) is 0 Å². The van der Waals surface area contributed by atoms with E-state index in [0.717, 1.165) is 5.56 Å². The molecule has 1 aliphatic rings. The summed E-state index contributed by atoms with van der Waals surface area (Å²) in [6.07, 6.45) is 0.516. The number of ether oxygens (including phenoxy) is 2. The van der Waals surface area contributed by atoms with Gasteiger partial charge in [-0.05, 0) is 36.2 Å². The van der Waals surface area contributed by atoms with Crippen molar-refractivity contribution in [1.29, 1.82) is 0 Å². The second-order valence-electron chi connectivity index (χ2n) is 6.10. The molecule has 7 heteroatoms. The standard InChI is InChI=1S/C19H20F2N2O3/c1-25-16-7-6-11(8-17(16)26-2)10-22-19(24)23-15-9-12(15)18-13(20)4-3-5-14(18)21/h3-8,12,15H,9-10H2,1-2H3,(H2,22,23,24)/t12-,15-/m1/s1. The van der Waals surface area contributed by atoms with E-state index in [9.17, 15) is 13.6 Å². The molecule has 0 saturated heterocycles. The van der Waals surface area contributed by atoms with Gasteiger partial charge in [-0.2, -0.15) is 0 Å². The van der Waals surface area contributed by atoms with E-state index in [4.69, 9.17) is 9.47 Å². The van der Waals surface area contributed by atoms with Crippen molar-refractivity contribution < 1.29 is 23.0 Å². The Kier molecular flexibility index (Phi) is 5.25. The fourth-order valence-corrected chi connectivity index (χ4v) is 2.93. The normalized spacial score (nSPS) is 18.2. The summed E-state index contributed by atoms with van der Waals surface area (Å²) in [5, 5.41) is 5.47. The monoisotopic (exact) mass is 362 g/mol. The van der Waals surface area contributed by atoms with Crippen molar-refractivity contribution in [3.63, 3.8) is 0 Å². The molecule has 2 aromatic rings. The van der Waals surface area contributed by atoms with Crippen molar-refractivity contribution in [1.82, 2.24) is 10.6 Å². The van der Waals surface area contributed by atoms with Gasteiger partial charge in [0, 0.05) is 24.1 Å². The van der Waals surface area contributed by atoms with Gasteiger partial charge >= 0.3 is 6.03 Å². The molecule has 138 valence electrons. The molecule has 2 N–H and O–H groups in total. The van der Waals surface area contributed by atoms with Gasteiger partial charge in [0.1, 0.15) is 11.6 Å². The third-order valence-corrected chi connectivity index (χ3v) is 4.38. The van der Waals surface area contributed by atoms with Gasteiger partial charge in [-0.15, -0.1) is 0 Å². The highest BCUT2D eigenvalue weighted by molar-refractivity contribution is 5.75. The highest BCUT2D eigenvalue weighted by atomic mass is 19.1. The number of nitrogens with one attached hydrogen (secondary N) is 2. The number of carbonyl (C=O) groups is 1. The summed E-state index contributed by atoms with van der Waals surface area (Å²) in [7, 11) is 3.09. The minimum absolute atomic E-state index is 0.0395. The predicted molar refractivity (Wildman–Crippen MR) is 92.4 cm³/mol. The zero-order chi connectivity index (χ0) is 18.7. The number of carbonyl (C=O) groups excluding carboxylic acids is 1. The quantitative estimate of drug-likeness (QED) is 0.829. The Hall–Kier alpha value is -2.83. The largest absolute Gasteiger partial charge is 0.493 e. The van der Waals surface area contributed by atoms with Crippen LogP contribution in [0.25, 0.3) is 0 Å². The van der Waals surface area contributed by atoms with Gasteiger partial charge in [-0.3, -0.25) is 0 Å². The van der Waals surface area contributed by atoms with Crippen LogP contribution in [0.5, 0.6) is 11.5 Å². The van der Waals surface area contributed by atoms with Crippen LogP contribution < -0.4 is 20.1 Å². The Morgan fingerprint density at radius 2 is 1.81 bits per heavy atom. The maximum Gasteiger partial charge on any atom is 0.315 e. The summed E-state index contributed by atoms with van der Waals surface area (Å²) in [6, 6.07) is 8.47. The maximum atomic E-state index is 13.8. The lowest BCUT2D eigenvalue weighted by molar-refractivity contribution is 0.240. The van der Waals surface area contributed by atoms with E-state index in [1.165, 1.54) is 25.3 Å². The van der Waals surface area contributed by atoms with Gasteiger partial charge in [0.2, 0.25) is 0 Å². The minimum Gasteiger partial charge on any atom is -0.493 e. The minimum atomic E-state index is -0.579. The molecular weight excluding hydrogens is 342 g/mol. The van der Waals surface area contributed by atoms with E-state index in [-0.39, 0.29) is 30.1 Å². The highest BCUT2D eigenvalue weighted by Gasteiger charge is 2.42. The molecular formula is C19H20F2N2O3. The molecule has 2 amide bonds. The predicted octanol–water partition coefficient (Wildman–Crippen LogP) is 3.34. The lowest BCUT2D eigenvalue weighted by Gasteiger charge is -2.11. The van der Waals surface area contributed by atoms with Crippen LogP contribution in [0.15, 0.2) is 36.4 Å². The molecule has 0 radical (unpaired) electrons. The third kappa shape index (κ3) is 3.87. The first-order valence-electron chi connectivity index (χ1n) is 8.22. The lowest BCUT2D eigenvalue weighted by atomic mass is 10.1. The van der Waals surface area contributed by atoms with Crippen molar-refractivity contribution in [3.05, 3.63) is 59.2 Å². The molecule has 0 bridgehead atoms. The molecule has 1 fully saturated rings. The number of urea groups is 1. The molecule has 5 nitrogen and oxygen atoms in total. The first-order valence-corrected chi connectivity index (χ1v) is 8.22. The molecule has 1 aliphatic carbocycles. The summed E-state index contributed by atoms with van der Waals surface area (Å²) in [5.41, 5.74) is 0.878. The lowest BCUT2D eigenvalue weighted by Crippen LogP contribution is -2.37. The Morgan fingerprint density at radius 3 is 2.46 bits per heavy atom. The number of methoxy groups -OCH3 is 2. The number of benzene rings is 2. The number of hydrogen-bond donors (Lipinski definition) is 2. The molecule has 0 aliphatic heterocycles. The Balaban J connectivity index is 1.53. The smallest absolute Gasteiger partial charge is 0.315 e. The third-order valence-electron chi connectivity index (χ3n) is 4.38. The second-order valence-corrected chi connectivity index (χ2v) is 6.10. The molecule has 0 unspecified atom stereocenters. The Labute approximate surface area is 150 Å². The topological polar surface area (TPSA) is 59.6 Å². The average Bonchev–Trinajstić information content (AvgIpc) is 3.38. The SMILES string of the molecule is COc1ccc(CNC(=O)N[C@@H]2C[C@H]2c2c(F)cccc2F)cc1OC. The molecule has 1 saturated carbocycles. The van der Waals surface area contributed by atoms with Crippen molar-refractivity contribution >= 4 is 6.03 Å². The van der Waals surface area contributed by atoms with E-state index in [0.29, 0.717) is 17.9 Å². The second kappa shape index (κ2) is 7.59. The van der Waals surface area contributed by atoms with E-state index >= 15 is 0 Å². The van der Waals surface area contributed by atoms with Gasteiger partial charge in [0.15, 0.2) is 11.5 Å². The van der Waals surface area contributed by atoms with Crippen LogP contribution in [-0.4, -0.2) is 26.3 Å². The van der Waals surface area contributed by atoms with E-state index < -0.39 is 11.6 Å². The molecule has 0 spiro atoms. The molecule has 0 aromatic heterocycles. The number of hydrogen-bond acceptors (Lipinski definition) is 3. The van der Waals surface area contributed by atoms with Gasteiger partial charge in [-0.25, -0.2) is 13.6 Å². The summed E-state index contributed by atoms with van der Waals surface area (Å²) in [5.74, 6) is -0.309. The van der Waals surface area contributed by atoms with Crippen LogP contribution in [0, 0.1) is 11.6 Å². The maximum absolute atomic E-state index is 13.8. The molecule has 3 rings (SSSR count). The van der Waals surface area contributed by atoms with Crippen LogP contribution in [0.1, 0.15) is 23.5 Å². The van der Waals surface area contributed by atoms with Gasteiger partial charge in [0.25, 0.3) is 0 Å². The number of amides is 2. The van der Waals surface area contributed by atoms with Crippen LogP contribution >= 0.6 is 0 Å². The molecule has 2 atom stereocenters. The zero-order valence-corrected chi connectivity index (χ0v) is 14.5. The van der Waals surface area contributed by atoms with Gasteiger partial charge in [0.05, 0.1) is 14.2 Å². The first kappa shape index (κ1) is 18.0. The number of halogens is 2. The fourth-order valence-electron chi connectivity index (χ4n) is 2.93. The summed E-state index contributed by atoms with van der Waals surface area (Å²) in [6.45, 7) is 0.289. The van der Waals surface area contributed by atoms with Gasteiger partial charge < -0.3 is 20.1 Å². The summed E-state index contributed by atoms with van der Waals surface area (Å²) < 4.78 is 37.9. The first-order chi connectivity index (χ1) is 12.5. The highest BCUT2D eigenvalue weighted by Crippen LogP contribution is 2.43. The van der Waals surface area contributed by atoms with Crippen LogP contribution in [0.4, 0.5) is 13.6 Å². The molecule has 2 aromatic carbocycles. The van der Waals surface area contributed by atoms with Crippen molar-refractivity contribution in [2.75, 3.05) is 14.2 Å². The van der Waals surface area contributed by atoms with Crippen molar-refractivity contribution in [2.45, 2.75) is 24.9 Å². The fraction of sp³-hybridized carbons (Fsp3) is 0.316. The average molecular weight is 362 g/mol. The van der Waals surface area contributed by atoms with Crippen molar-refractivity contribution in [3.8, 4) is 11.5 Å². The zero-order valence-electron chi connectivity index (χ0n) is 14.5. The van der Waals surface area contributed by atoms with Gasteiger partial charge in [-0.1, -0.05) is 12.1 Å². The molecule has 0 heterocycles. The summed E-state index contributed by atoms with van der Waals surface area (Å²) >= 11 is 0. The summed E-state index contributed by atoms with van der Waals surface area (Å²) in [4.78, 5) is 12.0. The van der Waals surface area contributed by atoms with Crippen LogP contribution in [0.3, 0.4) is 0 Å². The Morgan fingerprint density at radius 1 is 1.12 bits per heavy atom. The number of rotatable bonds is 6. The van der Waals surface area contributed by atoms with E-state index in [2.05, 4.69) is 10.6 Å². The molecule has 26 heavy (non-hydrogen) atoms. The van der Waals surface area contributed by atoms with E-state index in [1.54, 1.807) is 19.2 Å². The van der Waals surface area contributed by atoms with E-state index in [1.807, 2.05) is 6.07 Å². The Bertz CT molecular complexity index is 793. The van der Waals surface area contributed by atoms with Crippen molar-refractivity contribution in [2.24, 2.45) is 0 Å².